The van der Waals surface area contributed by atoms with E-state index >= 15 is 0 Å². The second-order valence-electron chi connectivity index (χ2n) is 5.30. The SMILES string of the molecule is CCCCNc1cccc2c(=O)cc(-c3ccccc3)oc12. The number of unbranched alkanes of at least 4 members (excludes halogenated alkanes) is 1. The summed E-state index contributed by atoms with van der Waals surface area (Å²) in [5.74, 6) is 0.600. The maximum atomic E-state index is 12.4. The summed E-state index contributed by atoms with van der Waals surface area (Å²) < 4.78 is 6.03. The third-order valence-electron chi connectivity index (χ3n) is 3.66. The van der Waals surface area contributed by atoms with Crippen LogP contribution in [0.2, 0.25) is 0 Å². The van der Waals surface area contributed by atoms with Crippen molar-refractivity contribution < 1.29 is 4.42 Å². The van der Waals surface area contributed by atoms with Gasteiger partial charge in [0.05, 0.1) is 11.1 Å². The van der Waals surface area contributed by atoms with E-state index in [2.05, 4.69) is 12.2 Å². The van der Waals surface area contributed by atoms with E-state index in [9.17, 15) is 4.79 Å². The van der Waals surface area contributed by atoms with Crippen LogP contribution >= 0.6 is 0 Å². The number of anilines is 1. The molecule has 0 amide bonds. The summed E-state index contributed by atoms with van der Waals surface area (Å²) in [5, 5.41) is 3.97. The van der Waals surface area contributed by atoms with Gasteiger partial charge in [0, 0.05) is 18.2 Å². The highest BCUT2D eigenvalue weighted by Gasteiger charge is 2.10. The molecule has 112 valence electrons. The molecule has 0 spiro atoms. The fourth-order valence-corrected chi connectivity index (χ4v) is 2.46. The maximum Gasteiger partial charge on any atom is 0.193 e. The van der Waals surface area contributed by atoms with Gasteiger partial charge in [-0.25, -0.2) is 0 Å². The third-order valence-corrected chi connectivity index (χ3v) is 3.66. The average Bonchev–Trinajstić information content (AvgIpc) is 2.56. The molecule has 0 saturated heterocycles. The van der Waals surface area contributed by atoms with Crippen molar-refractivity contribution in [2.45, 2.75) is 19.8 Å². The minimum absolute atomic E-state index is 0.0146. The molecule has 3 aromatic rings. The van der Waals surface area contributed by atoms with Crippen LogP contribution in [0.1, 0.15) is 19.8 Å². The van der Waals surface area contributed by atoms with E-state index in [4.69, 9.17) is 4.42 Å². The summed E-state index contributed by atoms with van der Waals surface area (Å²) >= 11 is 0. The molecule has 0 bridgehead atoms. The van der Waals surface area contributed by atoms with E-state index in [1.165, 1.54) is 0 Å². The largest absolute Gasteiger partial charge is 0.454 e. The smallest absolute Gasteiger partial charge is 0.193 e. The van der Waals surface area contributed by atoms with Crippen LogP contribution < -0.4 is 10.7 Å². The first-order valence-corrected chi connectivity index (χ1v) is 7.66. The molecule has 3 nitrogen and oxygen atoms in total. The molecule has 0 saturated carbocycles. The van der Waals surface area contributed by atoms with Crippen LogP contribution in [0.4, 0.5) is 5.69 Å². The van der Waals surface area contributed by atoms with Crippen LogP contribution in [0.25, 0.3) is 22.3 Å². The lowest BCUT2D eigenvalue weighted by Gasteiger charge is -2.09. The first kappa shape index (κ1) is 14.4. The molecule has 3 heteroatoms. The molecular formula is C19H19NO2. The molecule has 1 aromatic heterocycles. The molecule has 0 aliphatic heterocycles. The molecule has 0 fully saturated rings. The van der Waals surface area contributed by atoms with Gasteiger partial charge >= 0.3 is 0 Å². The first-order chi connectivity index (χ1) is 10.8. The van der Waals surface area contributed by atoms with Crippen LogP contribution in [0.15, 0.2) is 63.8 Å². The number of rotatable bonds is 5. The molecule has 0 atom stereocenters. The third kappa shape index (κ3) is 2.89. The standard InChI is InChI=1S/C19H19NO2/c1-2-3-12-20-16-11-7-10-15-17(21)13-18(22-19(15)16)14-8-5-4-6-9-14/h4-11,13,20H,2-3,12H2,1H3. The Morgan fingerprint density at radius 3 is 2.64 bits per heavy atom. The van der Waals surface area contributed by atoms with Gasteiger partial charge in [0.1, 0.15) is 5.76 Å². The summed E-state index contributed by atoms with van der Waals surface area (Å²) in [6, 6.07) is 16.9. The van der Waals surface area contributed by atoms with Crippen LogP contribution in [0, 0.1) is 0 Å². The lowest BCUT2D eigenvalue weighted by atomic mass is 10.1. The Bertz CT molecular complexity index is 822. The number of fused-ring (bicyclic) bond motifs is 1. The van der Waals surface area contributed by atoms with E-state index in [1.807, 2.05) is 42.5 Å². The zero-order chi connectivity index (χ0) is 15.4. The van der Waals surface area contributed by atoms with Crippen LogP contribution in [-0.4, -0.2) is 6.54 Å². The van der Waals surface area contributed by atoms with Crippen LogP contribution in [-0.2, 0) is 0 Å². The van der Waals surface area contributed by atoms with Crippen molar-refractivity contribution in [3.05, 3.63) is 64.8 Å². The highest BCUT2D eigenvalue weighted by Crippen LogP contribution is 2.26. The number of nitrogens with one attached hydrogen (secondary N) is 1. The Morgan fingerprint density at radius 2 is 1.86 bits per heavy atom. The fraction of sp³-hybridized carbons (Fsp3) is 0.211. The van der Waals surface area contributed by atoms with Gasteiger partial charge in [-0.2, -0.15) is 0 Å². The Kier molecular flexibility index (Phi) is 4.24. The van der Waals surface area contributed by atoms with Gasteiger partial charge in [-0.1, -0.05) is 49.7 Å². The summed E-state index contributed by atoms with van der Waals surface area (Å²) in [7, 11) is 0. The molecular weight excluding hydrogens is 274 g/mol. The number of hydrogen-bond donors (Lipinski definition) is 1. The number of benzene rings is 2. The highest BCUT2D eigenvalue weighted by molar-refractivity contribution is 5.89. The lowest BCUT2D eigenvalue weighted by Crippen LogP contribution is -2.05. The maximum absolute atomic E-state index is 12.4. The Morgan fingerprint density at radius 1 is 1.05 bits per heavy atom. The topological polar surface area (TPSA) is 42.2 Å². The normalized spacial score (nSPS) is 10.8. The minimum atomic E-state index is -0.0146. The van der Waals surface area contributed by atoms with Crippen molar-refractivity contribution in [2.24, 2.45) is 0 Å². The van der Waals surface area contributed by atoms with Crippen LogP contribution in [0.5, 0.6) is 0 Å². The Labute approximate surface area is 129 Å². The van der Waals surface area contributed by atoms with Crippen molar-refractivity contribution >= 4 is 16.7 Å². The second kappa shape index (κ2) is 6.48. The molecule has 2 aromatic carbocycles. The Balaban J connectivity index is 2.10. The average molecular weight is 293 g/mol. The van der Waals surface area contributed by atoms with Gasteiger partial charge in [0.2, 0.25) is 0 Å². The van der Waals surface area contributed by atoms with Gasteiger partial charge in [0.15, 0.2) is 11.0 Å². The van der Waals surface area contributed by atoms with E-state index in [0.29, 0.717) is 16.7 Å². The second-order valence-corrected chi connectivity index (χ2v) is 5.30. The van der Waals surface area contributed by atoms with E-state index < -0.39 is 0 Å². The highest BCUT2D eigenvalue weighted by atomic mass is 16.3. The van der Waals surface area contributed by atoms with Crippen molar-refractivity contribution in [1.29, 1.82) is 0 Å². The van der Waals surface area contributed by atoms with E-state index in [0.717, 1.165) is 30.6 Å². The fourth-order valence-electron chi connectivity index (χ4n) is 2.46. The van der Waals surface area contributed by atoms with Gasteiger partial charge in [0.25, 0.3) is 0 Å². The summed E-state index contributed by atoms with van der Waals surface area (Å²) in [6.07, 6.45) is 2.20. The van der Waals surface area contributed by atoms with Crippen molar-refractivity contribution in [3.63, 3.8) is 0 Å². The summed E-state index contributed by atoms with van der Waals surface area (Å²) in [6.45, 7) is 3.02. The van der Waals surface area contributed by atoms with E-state index in [1.54, 1.807) is 12.1 Å². The molecule has 1 heterocycles. The molecule has 0 aliphatic rings. The molecule has 0 aliphatic carbocycles. The monoisotopic (exact) mass is 293 g/mol. The zero-order valence-corrected chi connectivity index (χ0v) is 12.6. The van der Waals surface area contributed by atoms with Gasteiger partial charge in [-0.3, -0.25) is 4.79 Å². The van der Waals surface area contributed by atoms with Crippen LogP contribution in [0.3, 0.4) is 0 Å². The molecule has 22 heavy (non-hydrogen) atoms. The first-order valence-electron chi connectivity index (χ1n) is 7.66. The molecule has 1 N–H and O–H groups in total. The van der Waals surface area contributed by atoms with Crippen molar-refractivity contribution in [3.8, 4) is 11.3 Å². The number of hydrogen-bond acceptors (Lipinski definition) is 3. The quantitative estimate of drug-likeness (QED) is 0.695. The summed E-state index contributed by atoms with van der Waals surface area (Å²) in [4.78, 5) is 12.4. The predicted octanol–water partition coefficient (Wildman–Crippen LogP) is 4.67. The lowest BCUT2D eigenvalue weighted by molar-refractivity contribution is 0.619. The zero-order valence-electron chi connectivity index (χ0n) is 12.6. The molecule has 0 unspecified atom stereocenters. The minimum Gasteiger partial charge on any atom is -0.454 e. The van der Waals surface area contributed by atoms with Crippen molar-refractivity contribution in [2.75, 3.05) is 11.9 Å². The van der Waals surface area contributed by atoms with Gasteiger partial charge < -0.3 is 9.73 Å². The molecule has 3 rings (SSSR count). The Hall–Kier alpha value is -2.55. The summed E-state index contributed by atoms with van der Waals surface area (Å²) in [5.41, 5.74) is 2.40. The molecule has 0 radical (unpaired) electrons. The predicted molar refractivity (Wildman–Crippen MR) is 91.3 cm³/mol. The van der Waals surface area contributed by atoms with Crippen molar-refractivity contribution in [1.82, 2.24) is 0 Å². The number of para-hydroxylation sites is 1. The van der Waals surface area contributed by atoms with Gasteiger partial charge in [-0.05, 0) is 18.6 Å². The van der Waals surface area contributed by atoms with Gasteiger partial charge in [-0.15, -0.1) is 0 Å². The van der Waals surface area contributed by atoms with E-state index in [-0.39, 0.29) is 5.43 Å².